The molecule has 1 fully saturated rings. The van der Waals surface area contributed by atoms with Crippen LogP contribution in [0.3, 0.4) is 0 Å². The summed E-state index contributed by atoms with van der Waals surface area (Å²) in [7, 11) is 2.25. The van der Waals surface area contributed by atoms with Gasteiger partial charge in [0.05, 0.1) is 0 Å². The molecule has 0 bridgehead atoms. The van der Waals surface area contributed by atoms with E-state index in [1.54, 1.807) is 0 Å². The fourth-order valence-electron chi connectivity index (χ4n) is 3.14. The van der Waals surface area contributed by atoms with Gasteiger partial charge in [0.15, 0.2) is 0 Å². The SMILES string of the molecule is CN1CCCC1CCC1(CN)C=CC(CN)=CC1. The molecule has 2 atom stereocenters. The maximum Gasteiger partial charge on any atom is 0.0174 e. The quantitative estimate of drug-likeness (QED) is 0.779. The largest absolute Gasteiger partial charge is 0.330 e. The van der Waals surface area contributed by atoms with Crippen molar-refractivity contribution in [2.24, 2.45) is 16.9 Å². The Hall–Kier alpha value is -0.640. The van der Waals surface area contributed by atoms with Gasteiger partial charge < -0.3 is 16.4 Å². The maximum absolute atomic E-state index is 6.02. The Labute approximate surface area is 111 Å². The molecule has 3 heteroatoms. The summed E-state index contributed by atoms with van der Waals surface area (Å²) >= 11 is 0. The van der Waals surface area contributed by atoms with Crippen molar-refractivity contribution in [3.8, 4) is 0 Å². The van der Waals surface area contributed by atoms with Gasteiger partial charge in [-0.05, 0) is 51.3 Å². The second kappa shape index (κ2) is 6.00. The average molecular weight is 249 g/mol. The van der Waals surface area contributed by atoms with Crippen molar-refractivity contribution in [1.29, 1.82) is 0 Å². The van der Waals surface area contributed by atoms with Crippen molar-refractivity contribution in [3.63, 3.8) is 0 Å². The van der Waals surface area contributed by atoms with Gasteiger partial charge in [-0.2, -0.15) is 0 Å². The number of nitrogens with two attached hydrogens (primary N) is 2. The summed E-state index contributed by atoms with van der Waals surface area (Å²) in [6.07, 6.45) is 13.0. The van der Waals surface area contributed by atoms with E-state index >= 15 is 0 Å². The standard InChI is InChI=1S/C15H27N3/c1-18-10-2-3-14(18)6-9-15(12-17)7-4-13(11-16)5-8-15/h4-5,7,14H,2-3,6,8-12,16-17H2,1H3. The van der Waals surface area contributed by atoms with E-state index in [1.165, 1.54) is 37.8 Å². The molecule has 1 aliphatic carbocycles. The molecule has 2 unspecified atom stereocenters. The minimum absolute atomic E-state index is 0.183. The monoisotopic (exact) mass is 249 g/mol. The van der Waals surface area contributed by atoms with Gasteiger partial charge in [0.25, 0.3) is 0 Å². The van der Waals surface area contributed by atoms with Crippen LogP contribution in [0.25, 0.3) is 0 Å². The van der Waals surface area contributed by atoms with Crippen molar-refractivity contribution >= 4 is 0 Å². The zero-order valence-electron chi connectivity index (χ0n) is 11.6. The highest BCUT2D eigenvalue weighted by atomic mass is 15.1. The van der Waals surface area contributed by atoms with E-state index in [0.717, 1.165) is 19.0 Å². The van der Waals surface area contributed by atoms with E-state index < -0.39 is 0 Å². The third-order valence-corrected chi connectivity index (χ3v) is 4.71. The second-order valence-corrected chi connectivity index (χ2v) is 5.90. The van der Waals surface area contributed by atoms with Crippen LogP contribution in [0.15, 0.2) is 23.8 Å². The lowest BCUT2D eigenvalue weighted by atomic mass is 9.75. The summed E-state index contributed by atoms with van der Waals surface area (Å²) in [6.45, 7) is 2.64. The summed E-state index contributed by atoms with van der Waals surface area (Å²) < 4.78 is 0. The molecule has 2 aliphatic rings. The molecule has 0 amide bonds. The van der Waals surface area contributed by atoms with Gasteiger partial charge in [0.2, 0.25) is 0 Å². The molecule has 0 aromatic carbocycles. The van der Waals surface area contributed by atoms with Crippen LogP contribution in [-0.4, -0.2) is 37.6 Å². The lowest BCUT2D eigenvalue weighted by Crippen LogP contribution is -2.33. The molecule has 0 aromatic rings. The third kappa shape index (κ3) is 3.02. The first-order valence-corrected chi connectivity index (χ1v) is 7.18. The molecule has 0 radical (unpaired) electrons. The van der Waals surface area contributed by atoms with Crippen molar-refractivity contribution in [1.82, 2.24) is 4.90 Å². The zero-order valence-corrected chi connectivity index (χ0v) is 11.6. The molecule has 18 heavy (non-hydrogen) atoms. The lowest BCUT2D eigenvalue weighted by molar-refractivity contribution is 0.251. The summed E-state index contributed by atoms with van der Waals surface area (Å²) in [4.78, 5) is 2.50. The summed E-state index contributed by atoms with van der Waals surface area (Å²) in [5.74, 6) is 0. The topological polar surface area (TPSA) is 55.3 Å². The van der Waals surface area contributed by atoms with Crippen molar-refractivity contribution in [2.75, 3.05) is 26.7 Å². The van der Waals surface area contributed by atoms with Crippen LogP contribution in [0.1, 0.15) is 32.1 Å². The molecule has 2 rings (SSSR count). The number of likely N-dealkylation sites (tertiary alicyclic amines) is 1. The molecule has 4 N–H and O–H groups in total. The maximum atomic E-state index is 6.02. The van der Waals surface area contributed by atoms with Crippen LogP contribution in [0.2, 0.25) is 0 Å². The minimum atomic E-state index is 0.183. The van der Waals surface area contributed by atoms with Gasteiger partial charge in [-0.25, -0.2) is 0 Å². The summed E-state index contributed by atoms with van der Waals surface area (Å²) in [5.41, 5.74) is 13.1. The first-order chi connectivity index (χ1) is 8.69. The Balaban J connectivity index is 1.90. The molecule has 1 heterocycles. The average Bonchev–Trinajstić information content (AvgIpc) is 2.83. The highest BCUT2D eigenvalue weighted by molar-refractivity contribution is 5.27. The number of hydrogen-bond acceptors (Lipinski definition) is 3. The highest BCUT2D eigenvalue weighted by Crippen LogP contribution is 2.35. The fourth-order valence-corrected chi connectivity index (χ4v) is 3.14. The minimum Gasteiger partial charge on any atom is -0.330 e. The Morgan fingerprint density at radius 3 is 2.78 bits per heavy atom. The predicted molar refractivity (Wildman–Crippen MR) is 77.3 cm³/mol. The van der Waals surface area contributed by atoms with Crippen molar-refractivity contribution < 1.29 is 0 Å². The molecular formula is C15H27N3. The molecule has 1 saturated heterocycles. The Morgan fingerprint density at radius 1 is 1.44 bits per heavy atom. The fraction of sp³-hybridized carbons (Fsp3) is 0.733. The Kier molecular flexibility index (Phi) is 4.60. The Morgan fingerprint density at radius 2 is 2.28 bits per heavy atom. The van der Waals surface area contributed by atoms with E-state index in [4.69, 9.17) is 11.5 Å². The van der Waals surface area contributed by atoms with Crippen LogP contribution in [0.4, 0.5) is 0 Å². The van der Waals surface area contributed by atoms with Crippen LogP contribution < -0.4 is 11.5 Å². The number of rotatable bonds is 5. The van der Waals surface area contributed by atoms with Crippen LogP contribution >= 0.6 is 0 Å². The smallest absolute Gasteiger partial charge is 0.0174 e. The van der Waals surface area contributed by atoms with Crippen molar-refractivity contribution in [2.45, 2.75) is 38.1 Å². The molecule has 1 aliphatic heterocycles. The predicted octanol–water partition coefficient (Wildman–Crippen LogP) is 1.65. The third-order valence-electron chi connectivity index (χ3n) is 4.71. The van der Waals surface area contributed by atoms with Gasteiger partial charge >= 0.3 is 0 Å². The van der Waals surface area contributed by atoms with E-state index in [-0.39, 0.29) is 5.41 Å². The Bertz CT molecular complexity index is 335. The molecule has 102 valence electrons. The zero-order chi connectivity index (χ0) is 13.0. The number of allylic oxidation sites excluding steroid dienone is 1. The second-order valence-electron chi connectivity index (χ2n) is 5.90. The highest BCUT2D eigenvalue weighted by Gasteiger charge is 2.29. The number of nitrogens with zero attached hydrogens (tertiary/aromatic N) is 1. The molecule has 0 saturated carbocycles. The van der Waals surface area contributed by atoms with E-state index in [2.05, 4.69) is 30.2 Å². The molecule has 0 aromatic heterocycles. The lowest BCUT2D eigenvalue weighted by Gasteiger charge is -2.33. The van der Waals surface area contributed by atoms with Gasteiger partial charge in [-0.3, -0.25) is 0 Å². The first-order valence-electron chi connectivity index (χ1n) is 7.18. The normalized spacial score (nSPS) is 32.8. The molecule has 3 nitrogen and oxygen atoms in total. The van der Waals surface area contributed by atoms with E-state index in [1.807, 2.05) is 0 Å². The first kappa shape index (κ1) is 13.8. The molecule has 0 spiro atoms. The van der Waals surface area contributed by atoms with Gasteiger partial charge in [0.1, 0.15) is 0 Å². The van der Waals surface area contributed by atoms with E-state index in [9.17, 15) is 0 Å². The van der Waals surface area contributed by atoms with Gasteiger partial charge in [-0.1, -0.05) is 18.2 Å². The van der Waals surface area contributed by atoms with Crippen molar-refractivity contribution in [3.05, 3.63) is 23.8 Å². The van der Waals surface area contributed by atoms with Gasteiger partial charge in [0, 0.05) is 24.5 Å². The summed E-state index contributed by atoms with van der Waals surface area (Å²) in [6, 6.07) is 0.765. The summed E-state index contributed by atoms with van der Waals surface area (Å²) in [5, 5.41) is 0. The van der Waals surface area contributed by atoms with Crippen LogP contribution in [-0.2, 0) is 0 Å². The number of hydrogen-bond donors (Lipinski definition) is 2. The van der Waals surface area contributed by atoms with E-state index in [0.29, 0.717) is 6.54 Å². The van der Waals surface area contributed by atoms with Gasteiger partial charge in [-0.15, -0.1) is 0 Å². The van der Waals surface area contributed by atoms with Crippen LogP contribution in [0.5, 0.6) is 0 Å². The van der Waals surface area contributed by atoms with Crippen LogP contribution in [0, 0.1) is 5.41 Å². The molecular weight excluding hydrogens is 222 g/mol.